The smallest absolute Gasteiger partial charge is 0.188 e. The molecule has 10 heavy (non-hydrogen) atoms. The van der Waals surface area contributed by atoms with E-state index in [2.05, 4.69) is 0 Å². The Morgan fingerprint density at radius 2 is 2.50 bits per heavy atom. The first-order valence-electron chi connectivity index (χ1n) is 3.49. The fraction of sp³-hybridized carbons (Fsp3) is 0.833. The summed E-state index contributed by atoms with van der Waals surface area (Å²) in [5.74, 6) is 0.191. The molecule has 0 aliphatic carbocycles. The molecule has 3 N–H and O–H groups in total. The van der Waals surface area contributed by atoms with Crippen LogP contribution in [0.2, 0.25) is 0 Å². The van der Waals surface area contributed by atoms with E-state index in [1.807, 2.05) is 4.90 Å². The standard InChI is InChI=1S/C6H11N3O/c7-6(8)9-2-5-1-4(9)3-10-5/h4-5H,1-3H2,(H3,7,8). The normalized spacial score (nSPS) is 37.0. The first-order chi connectivity index (χ1) is 4.77. The van der Waals surface area contributed by atoms with Crippen LogP contribution in [0.3, 0.4) is 0 Å². The largest absolute Gasteiger partial charge is 0.374 e. The van der Waals surface area contributed by atoms with E-state index in [1.165, 1.54) is 0 Å². The highest BCUT2D eigenvalue weighted by Crippen LogP contribution is 2.26. The molecule has 56 valence electrons. The van der Waals surface area contributed by atoms with E-state index in [9.17, 15) is 0 Å². The number of nitrogens with one attached hydrogen (secondary N) is 1. The second-order valence-electron chi connectivity index (χ2n) is 2.88. The zero-order chi connectivity index (χ0) is 7.14. The van der Waals surface area contributed by atoms with Gasteiger partial charge in [-0.2, -0.15) is 0 Å². The molecule has 4 heteroatoms. The minimum absolute atomic E-state index is 0.191. The fourth-order valence-electron chi connectivity index (χ4n) is 1.69. The van der Waals surface area contributed by atoms with Gasteiger partial charge >= 0.3 is 0 Å². The second-order valence-corrected chi connectivity index (χ2v) is 2.88. The number of guanidine groups is 1. The number of fused-ring (bicyclic) bond motifs is 2. The zero-order valence-electron chi connectivity index (χ0n) is 5.71. The van der Waals surface area contributed by atoms with Gasteiger partial charge in [0.15, 0.2) is 5.96 Å². The monoisotopic (exact) mass is 141 g/mol. The molecule has 0 radical (unpaired) electrons. The number of nitrogens with two attached hydrogens (primary N) is 1. The molecular formula is C6H11N3O. The summed E-state index contributed by atoms with van der Waals surface area (Å²) in [7, 11) is 0. The predicted molar refractivity (Wildman–Crippen MR) is 36.8 cm³/mol. The van der Waals surface area contributed by atoms with Gasteiger partial charge in [0.1, 0.15) is 0 Å². The summed E-state index contributed by atoms with van der Waals surface area (Å²) in [4.78, 5) is 1.91. The third-order valence-corrected chi connectivity index (χ3v) is 2.21. The summed E-state index contributed by atoms with van der Waals surface area (Å²) in [5.41, 5.74) is 5.34. The molecule has 0 aromatic rings. The van der Waals surface area contributed by atoms with Crippen molar-refractivity contribution in [3.05, 3.63) is 0 Å². The third kappa shape index (κ3) is 0.686. The number of likely N-dealkylation sites (tertiary alicyclic amines) is 1. The number of hydrogen-bond donors (Lipinski definition) is 2. The fourth-order valence-corrected chi connectivity index (χ4v) is 1.69. The first-order valence-corrected chi connectivity index (χ1v) is 3.49. The Morgan fingerprint density at radius 1 is 1.70 bits per heavy atom. The highest BCUT2D eigenvalue weighted by molar-refractivity contribution is 5.75. The lowest BCUT2D eigenvalue weighted by molar-refractivity contribution is 0.0560. The third-order valence-electron chi connectivity index (χ3n) is 2.21. The van der Waals surface area contributed by atoms with E-state index in [0.29, 0.717) is 12.1 Å². The van der Waals surface area contributed by atoms with Crippen LogP contribution in [0.4, 0.5) is 0 Å². The highest BCUT2D eigenvalue weighted by atomic mass is 16.5. The van der Waals surface area contributed by atoms with Crippen LogP contribution in [-0.2, 0) is 4.74 Å². The van der Waals surface area contributed by atoms with Crippen molar-refractivity contribution >= 4 is 5.96 Å². The Kier molecular flexibility index (Phi) is 1.11. The molecule has 2 aliphatic rings. The van der Waals surface area contributed by atoms with E-state index in [4.69, 9.17) is 15.9 Å². The van der Waals surface area contributed by atoms with Crippen molar-refractivity contribution in [3.8, 4) is 0 Å². The van der Waals surface area contributed by atoms with Crippen molar-refractivity contribution in [1.82, 2.24) is 4.90 Å². The molecule has 0 spiro atoms. The minimum Gasteiger partial charge on any atom is -0.374 e. The van der Waals surface area contributed by atoms with Gasteiger partial charge in [-0.05, 0) is 6.42 Å². The molecule has 2 fully saturated rings. The Morgan fingerprint density at radius 3 is 2.80 bits per heavy atom. The molecule has 2 bridgehead atoms. The van der Waals surface area contributed by atoms with Crippen LogP contribution < -0.4 is 5.73 Å². The lowest BCUT2D eigenvalue weighted by Gasteiger charge is -2.26. The second kappa shape index (κ2) is 1.85. The van der Waals surface area contributed by atoms with Crippen LogP contribution in [0.5, 0.6) is 0 Å². The van der Waals surface area contributed by atoms with Crippen molar-refractivity contribution in [2.45, 2.75) is 18.6 Å². The summed E-state index contributed by atoms with van der Waals surface area (Å²) < 4.78 is 5.34. The van der Waals surface area contributed by atoms with Gasteiger partial charge in [0.2, 0.25) is 0 Å². The molecule has 2 atom stereocenters. The zero-order valence-corrected chi connectivity index (χ0v) is 5.71. The average molecular weight is 141 g/mol. The number of rotatable bonds is 0. The van der Waals surface area contributed by atoms with Crippen molar-refractivity contribution in [3.63, 3.8) is 0 Å². The van der Waals surface area contributed by atoms with Gasteiger partial charge in [-0.1, -0.05) is 0 Å². The predicted octanol–water partition coefficient (Wildman–Crippen LogP) is -0.647. The van der Waals surface area contributed by atoms with Gasteiger partial charge in [-0.3, -0.25) is 5.41 Å². The topological polar surface area (TPSA) is 62.3 Å². The minimum atomic E-state index is 0.191. The van der Waals surface area contributed by atoms with E-state index in [-0.39, 0.29) is 5.96 Å². The van der Waals surface area contributed by atoms with Crippen LogP contribution in [0.1, 0.15) is 6.42 Å². The molecule has 0 aromatic carbocycles. The van der Waals surface area contributed by atoms with Gasteiger partial charge in [0, 0.05) is 6.54 Å². The number of hydrogen-bond acceptors (Lipinski definition) is 2. The summed E-state index contributed by atoms with van der Waals surface area (Å²) in [5, 5.41) is 7.19. The lowest BCUT2D eigenvalue weighted by atomic mass is 10.2. The summed E-state index contributed by atoms with van der Waals surface area (Å²) in [6, 6.07) is 0.391. The maximum Gasteiger partial charge on any atom is 0.188 e. The van der Waals surface area contributed by atoms with E-state index < -0.39 is 0 Å². The van der Waals surface area contributed by atoms with E-state index in [0.717, 1.165) is 19.6 Å². The maximum absolute atomic E-state index is 7.19. The number of morpholine rings is 1. The molecule has 4 nitrogen and oxygen atoms in total. The summed E-state index contributed by atoms with van der Waals surface area (Å²) in [6.45, 7) is 1.57. The molecular weight excluding hydrogens is 130 g/mol. The molecule has 0 aromatic heterocycles. The van der Waals surface area contributed by atoms with Crippen LogP contribution in [0.25, 0.3) is 0 Å². The number of nitrogens with zero attached hydrogens (tertiary/aromatic N) is 1. The van der Waals surface area contributed by atoms with Gasteiger partial charge < -0.3 is 15.4 Å². The average Bonchev–Trinajstić information content (AvgIpc) is 2.44. The van der Waals surface area contributed by atoms with Crippen LogP contribution in [0, 0.1) is 5.41 Å². The lowest BCUT2D eigenvalue weighted by Crippen LogP contribution is -2.44. The van der Waals surface area contributed by atoms with Crippen LogP contribution in [0.15, 0.2) is 0 Å². The van der Waals surface area contributed by atoms with Gasteiger partial charge in [-0.15, -0.1) is 0 Å². The molecule has 2 saturated heterocycles. The Hall–Kier alpha value is -0.770. The van der Waals surface area contributed by atoms with Crippen LogP contribution in [-0.4, -0.2) is 36.2 Å². The van der Waals surface area contributed by atoms with Gasteiger partial charge in [0.05, 0.1) is 18.8 Å². The molecule has 2 aliphatic heterocycles. The van der Waals surface area contributed by atoms with Crippen LogP contribution >= 0.6 is 0 Å². The molecule has 2 heterocycles. The Bertz CT molecular complexity index is 170. The van der Waals surface area contributed by atoms with Gasteiger partial charge in [-0.25, -0.2) is 0 Å². The van der Waals surface area contributed by atoms with E-state index in [1.54, 1.807) is 0 Å². The van der Waals surface area contributed by atoms with Crippen molar-refractivity contribution < 1.29 is 4.74 Å². The van der Waals surface area contributed by atoms with E-state index >= 15 is 0 Å². The number of ether oxygens (including phenoxy) is 1. The quantitative estimate of drug-likeness (QED) is 0.348. The molecule has 0 saturated carbocycles. The van der Waals surface area contributed by atoms with Crippen molar-refractivity contribution in [2.75, 3.05) is 13.2 Å². The van der Waals surface area contributed by atoms with Gasteiger partial charge in [0.25, 0.3) is 0 Å². The molecule has 2 rings (SSSR count). The summed E-state index contributed by atoms with van der Waals surface area (Å²) >= 11 is 0. The maximum atomic E-state index is 7.19. The molecule has 2 unspecified atom stereocenters. The molecule has 0 amide bonds. The van der Waals surface area contributed by atoms with Crippen molar-refractivity contribution in [1.29, 1.82) is 5.41 Å². The highest BCUT2D eigenvalue weighted by Gasteiger charge is 2.39. The Balaban J connectivity index is 2.08. The SMILES string of the molecule is N=C(N)N1CC2CC1CO2. The summed E-state index contributed by atoms with van der Waals surface area (Å²) in [6.07, 6.45) is 1.40. The Labute approximate surface area is 59.5 Å². The first kappa shape index (κ1) is 5.97. The van der Waals surface area contributed by atoms with Crippen molar-refractivity contribution in [2.24, 2.45) is 5.73 Å².